The monoisotopic (exact) mass is 312 g/mol. The number of hydrogen-bond acceptors (Lipinski definition) is 2. The first-order chi connectivity index (χ1) is 9.85. The molecule has 1 aliphatic heterocycles. The van der Waals surface area contributed by atoms with E-state index in [4.69, 9.17) is 11.6 Å². The van der Waals surface area contributed by atoms with Gasteiger partial charge in [0, 0.05) is 12.1 Å². The maximum atomic E-state index is 13.1. The van der Waals surface area contributed by atoms with Crippen LogP contribution in [0.15, 0.2) is 11.1 Å². The van der Waals surface area contributed by atoms with E-state index in [1.54, 1.807) is 4.90 Å². The summed E-state index contributed by atoms with van der Waals surface area (Å²) in [4.78, 5) is 27.7. The molecule has 0 spiro atoms. The molecule has 118 valence electrons. The van der Waals surface area contributed by atoms with Crippen LogP contribution in [-0.2, 0) is 9.59 Å². The Balaban J connectivity index is 2.43. The van der Waals surface area contributed by atoms with Gasteiger partial charge in [0.1, 0.15) is 11.1 Å². The average Bonchev–Trinajstić information content (AvgIpc) is 3.30. The lowest BCUT2D eigenvalue weighted by molar-refractivity contribution is -0.163. The molecule has 2 aliphatic rings. The fourth-order valence-corrected chi connectivity index (χ4v) is 3.47. The van der Waals surface area contributed by atoms with Crippen molar-refractivity contribution in [2.24, 2.45) is 5.92 Å². The highest BCUT2D eigenvalue weighted by atomic mass is 35.5. The van der Waals surface area contributed by atoms with E-state index in [-0.39, 0.29) is 17.7 Å². The van der Waals surface area contributed by atoms with Crippen LogP contribution in [0, 0.1) is 5.92 Å². The van der Waals surface area contributed by atoms with Crippen LogP contribution in [0.4, 0.5) is 0 Å². The van der Waals surface area contributed by atoms with Gasteiger partial charge in [0.15, 0.2) is 0 Å². The van der Waals surface area contributed by atoms with Gasteiger partial charge in [-0.05, 0) is 51.0 Å². The first kappa shape index (κ1) is 16.3. The van der Waals surface area contributed by atoms with Crippen LogP contribution in [0.3, 0.4) is 0 Å². The highest BCUT2D eigenvalue weighted by molar-refractivity contribution is 6.25. The van der Waals surface area contributed by atoms with Gasteiger partial charge < -0.3 is 10.2 Å². The highest BCUT2D eigenvalue weighted by Crippen LogP contribution is 2.44. The minimum absolute atomic E-state index is 0.0242. The standard InChI is InChI=1S/C16H25ClN2O2/c1-5-16(6-2)13(20)18-15(4,12-7-8-12)14(21)19(16)10-11(3)9-17/h9,12H,5-8,10H2,1-4H3,(H,18,20). The maximum absolute atomic E-state index is 13.1. The Morgan fingerprint density at radius 3 is 2.38 bits per heavy atom. The minimum Gasteiger partial charge on any atom is -0.340 e. The summed E-state index contributed by atoms with van der Waals surface area (Å²) in [7, 11) is 0. The van der Waals surface area contributed by atoms with Crippen molar-refractivity contribution in [2.45, 2.75) is 64.5 Å². The highest BCUT2D eigenvalue weighted by Gasteiger charge is 2.59. The zero-order valence-corrected chi connectivity index (χ0v) is 14.1. The summed E-state index contributed by atoms with van der Waals surface area (Å²) in [6.07, 6.45) is 3.23. The predicted molar refractivity (Wildman–Crippen MR) is 83.9 cm³/mol. The molecule has 0 bridgehead atoms. The van der Waals surface area contributed by atoms with Gasteiger partial charge in [-0.1, -0.05) is 25.4 Å². The third kappa shape index (κ3) is 2.48. The first-order valence-electron chi connectivity index (χ1n) is 7.76. The molecule has 1 aliphatic carbocycles. The Kier molecular flexibility index (Phi) is 4.39. The number of nitrogens with zero attached hydrogens (tertiary/aromatic N) is 1. The summed E-state index contributed by atoms with van der Waals surface area (Å²) in [5.41, 5.74) is 0.873. The van der Waals surface area contributed by atoms with Crippen molar-refractivity contribution in [3.05, 3.63) is 11.1 Å². The Morgan fingerprint density at radius 1 is 1.38 bits per heavy atom. The molecule has 2 rings (SSSR count). The van der Waals surface area contributed by atoms with Crippen LogP contribution in [0.1, 0.15) is 53.4 Å². The normalized spacial score (nSPS) is 29.6. The fourth-order valence-electron chi connectivity index (χ4n) is 3.40. The number of nitrogens with one attached hydrogen (secondary N) is 1. The number of piperazine rings is 1. The summed E-state index contributed by atoms with van der Waals surface area (Å²) in [5.74, 6) is 0.276. The van der Waals surface area contributed by atoms with Crippen LogP contribution in [0.5, 0.6) is 0 Å². The molecule has 1 N–H and O–H groups in total. The Bertz CT molecular complexity index is 481. The van der Waals surface area contributed by atoms with Gasteiger partial charge in [0.2, 0.25) is 11.8 Å². The average molecular weight is 313 g/mol. The van der Waals surface area contributed by atoms with Crippen LogP contribution in [-0.4, -0.2) is 34.3 Å². The molecule has 5 heteroatoms. The number of hydrogen-bond donors (Lipinski definition) is 1. The largest absolute Gasteiger partial charge is 0.340 e. The van der Waals surface area contributed by atoms with Gasteiger partial charge in [-0.15, -0.1) is 0 Å². The van der Waals surface area contributed by atoms with E-state index in [9.17, 15) is 9.59 Å². The van der Waals surface area contributed by atoms with Crippen LogP contribution in [0.25, 0.3) is 0 Å². The Morgan fingerprint density at radius 2 is 1.95 bits per heavy atom. The van der Waals surface area contributed by atoms with Crippen molar-refractivity contribution >= 4 is 23.4 Å². The summed E-state index contributed by atoms with van der Waals surface area (Å²) in [5, 5.41) is 3.04. The van der Waals surface area contributed by atoms with E-state index in [0.717, 1.165) is 18.4 Å². The van der Waals surface area contributed by atoms with E-state index in [1.807, 2.05) is 27.7 Å². The second-order valence-corrected chi connectivity index (χ2v) is 6.73. The van der Waals surface area contributed by atoms with Gasteiger partial charge >= 0.3 is 0 Å². The zero-order valence-electron chi connectivity index (χ0n) is 13.3. The minimum atomic E-state index is -0.757. The van der Waals surface area contributed by atoms with E-state index in [1.165, 1.54) is 5.54 Å². The molecule has 1 saturated carbocycles. The molecule has 0 aromatic heterocycles. The van der Waals surface area contributed by atoms with E-state index in [0.29, 0.717) is 19.4 Å². The number of amides is 2. The summed E-state index contributed by atoms with van der Waals surface area (Å²) in [6, 6.07) is 0. The van der Waals surface area contributed by atoms with Gasteiger partial charge in [-0.2, -0.15) is 0 Å². The van der Waals surface area contributed by atoms with Gasteiger partial charge in [0.05, 0.1) is 0 Å². The number of carbonyl (C=O) groups excluding carboxylic acids is 2. The summed E-state index contributed by atoms with van der Waals surface area (Å²) >= 11 is 5.78. The lowest BCUT2D eigenvalue weighted by Crippen LogP contribution is -2.75. The lowest BCUT2D eigenvalue weighted by atomic mass is 9.80. The molecular formula is C16H25ClN2O2. The predicted octanol–water partition coefficient (Wildman–Crippen LogP) is 2.81. The molecule has 1 unspecified atom stereocenters. The maximum Gasteiger partial charge on any atom is 0.249 e. The van der Waals surface area contributed by atoms with Crippen molar-refractivity contribution in [1.29, 1.82) is 0 Å². The SMILES string of the molecule is CCC1(CC)C(=O)NC(C)(C2CC2)C(=O)N1CC(C)=CCl. The van der Waals surface area contributed by atoms with E-state index in [2.05, 4.69) is 5.32 Å². The molecule has 1 heterocycles. The molecule has 1 atom stereocenters. The van der Waals surface area contributed by atoms with E-state index < -0.39 is 11.1 Å². The molecule has 0 radical (unpaired) electrons. The topological polar surface area (TPSA) is 49.4 Å². The smallest absolute Gasteiger partial charge is 0.249 e. The number of carbonyl (C=O) groups is 2. The van der Waals surface area contributed by atoms with Crippen molar-refractivity contribution in [3.8, 4) is 0 Å². The van der Waals surface area contributed by atoms with Gasteiger partial charge in [0.25, 0.3) is 0 Å². The zero-order chi connectivity index (χ0) is 15.8. The number of halogens is 1. The Labute approximate surface area is 131 Å². The van der Waals surface area contributed by atoms with Crippen molar-refractivity contribution < 1.29 is 9.59 Å². The molecule has 2 fully saturated rings. The number of rotatable bonds is 5. The lowest BCUT2D eigenvalue weighted by Gasteiger charge is -2.51. The molecule has 4 nitrogen and oxygen atoms in total. The fraction of sp³-hybridized carbons (Fsp3) is 0.750. The van der Waals surface area contributed by atoms with Crippen LogP contribution in [0.2, 0.25) is 0 Å². The molecule has 0 aromatic carbocycles. The summed E-state index contributed by atoms with van der Waals surface area (Å²) < 4.78 is 0. The molecule has 21 heavy (non-hydrogen) atoms. The van der Waals surface area contributed by atoms with Crippen LogP contribution >= 0.6 is 11.6 Å². The van der Waals surface area contributed by atoms with Crippen LogP contribution < -0.4 is 5.32 Å². The quantitative estimate of drug-likeness (QED) is 0.848. The second kappa shape index (κ2) is 5.64. The van der Waals surface area contributed by atoms with E-state index >= 15 is 0 Å². The Hall–Kier alpha value is -1.03. The third-order valence-electron chi connectivity index (χ3n) is 5.16. The molecule has 1 saturated heterocycles. The molecule has 2 amide bonds. The van der Waals surface area contributed by atoms with Crippen molar-refractivity contribution in [1.82, 2.24) is 10.2 Å². The summed E-state index contributed by atoms with van der Waals surface area (Å²) in [6.45, 7) is 8.09. The van der Waals surface area contributed by atoms with Crippen molar-refractivity contribution in [3.63, 3.8) is 0 Å². The molecular weight excluding hydrogens is 288 g/mol. The van der Waals surface area contributed by atoms with Crippen molar-refractivity contribution in [2.75, 3.05) is 6.54 Å². The molecule has 0 aromatic rings. The first-order valence-corrected chi connectivity index (χ1v) is 8.20. The van der Waals surface area contributed by atoms with Gasteiger partial charge in [-0.25, -0.2) is 0 Å². The third-order valence-corrected chi connectivity index (χ3v) is 5.53. The van der Waals surface area contributed by atoms with Gasteiger partial charge in [-0.3, -0.25) is 9.59 Å². The second-order valence-electron chi connectivity index (χ2n) is 6.52.